The van der Waals surface area contributed by atoms with E-state index in [0.717, 1.165) is 6.71 Å². The molecule has 0 amide bonds. The van der Waals surface area contributed by atoms with Crippen LogP contribution in [0.3, 0.4) is 0 Å². The zero-order valence-electron chi connectivity index (χ0n) is 13.6. The van der Waals surface area contributed by atoms with Crippen molar-refractivity contribution in [3.8, 4) is 0 Å². The molecule has 1 aliphatic rings. The van der Waals surface area contributed by atoms with Gasteiger partial charge < -0.3 is 11.7 Å². The summed E-state index contributed by atoms with van der Waals surface area (Å²) in [5.74, 6) is 3.31. The van der Waals surface area contributed by atoms with Gasteiger partial charge in [0.15, 0.2) is 0 Å². The van der Waals surface area contributed by atoms with Crippen LogP contribution in [-0.4, -0.2) is 6.71 Å². The van der Waals surface area contributed by atoms with Crippen molar-refractivity contribution in [3.63, 3.8) is 0 Å². The summed E-state index contributed by atoms with van der Waals surface area (Å²) in [5, 5.41) is 0. The predicted octanol–water partition coefficient (Wildman–Crippen LogP) is 2.85. The van der Waals surface area contributed by atoms with Crippen LogP contribution in [0.15, 0.2) is 0 Å². The largest absolute Gasteiger partial charge is 0.364 e. The molecule has 0 aromatic heterocycles. The monoisotopic (exact) mass is 798 g/mol. The van der Waals surface area contributed by atoms with Gasteiger partial charge in [0.2, 0.25) is 0 Å². The summed E-state index contributed by atoms with van der Waals surface area (Å²) < 4.78 is 0. The summed E-state index contributed by atoms with van der Waals surface area (Å²) in [4.78, 5) is 0. The first kappa shape index (κ1) is 86.5. The molecule has 0 aromatic rings. The quantitative estimate of drug-likeness (QED) is 0.262. The molecule has 0 bridgehead atoms. The molecule has 13 radical (unpaired) electrons. The summed E-state index contributed by atoms with van der Waals surface area (Å²) >= 11 is 0. The second kappa shape index (κ2) is 43.5. The predicted molar refractivity (Wildman–Crippen MR) is 48.0 cm³/mol. The van der Waals surface area contributed by atoms with Crippen molar-refractivity contribution in [2.45, 2.75) is 40.8 Å². The fraction of sp³-hybridized carbons (Fsp3) is 0.778. The Hall–Kier alpha value is 7.66. The van der Waals surface area contributed by atoms with Crippen molar-refractivity contribution in [3.05, 3.63) is 11.7 Å². The summed E-state index contributed by atoms with van der Waals surface area (Å²) in [5.41, 5.74) is 0.416. The fourth-order valence-corrected chi connectivity index (χ4v) is 1.82. The van der Waals surface area contributed by atoms with E-state index in [1.165, 1.54) is 6.32 Å². The minimum Gasteiger partial charge on any atom is -0.364 e. The van der Waals surface area contributed by atoms with Crippen LogP contribution < -0.4 is 0 Å². The van der Waals surface area contributed by atoms with Gasteiger partial charge in [0, 0.05) is 241 Å². The Bertz CT molecular complexity index is 151. The van der Waals surface area contributed by atoms with Gasteiger partial charge in [0.05, 0.1) is 0 Å². The molecule has 0 N–H and O–H groups in total. The van der Waals surface area contributed by atoms with Gasteiger partial charge in [-0.3, -0.25) is 5.41 Å². The Kier molecular flexibility index (Phi) is 164. The molecule has 0 saturated carbocycles. The van der Waals surface area contributed by atoms with E-state index in [2.05, 4.69) is 34.5 Å². The minimum absolute atomic E-state index is 0. The summed E-state index contributed by atoms with van der Waals surface area (Å²) in [6.45, 7) is 12.4. The third-order valence-corrected chi connectivity index (χ3v) is 3.40. The second-order valence-corrected chi connectivity index (χ2v) is 4.19. The average Bonchev–Trinajstić information content (AvgIpc) is 1.97. The van der Waals surface area contributed by atoms with Crippen LogP contribution in [-0.2, 0) is 241 Å². The first-order valence-electron chi connectivity index (χ1n) is 4.13. The third-order valence-electron chi connectivity index (χ3n) is 3.40. The van der Waals surface area contributed by atoms with E-state index >= 15 is 0 Å². The first-order chi connectivity index (χ1) is 4.46. The molecule has 0 atom stereocenters. The van der Waals surface area contributed by atoms with E-state index in [9.17, 15) is 0 Å². The number of rotatable bonds is 0. The van der Waals surface area contributed by atoms with E-state index in [1.54, 1.807) is 11.7 Å². The third kappa shape index (κ3) is 29.7. The summed E-state index contributed by atoms with van der Waals surface area (Å²) in [7, 11) is 0. The Labute approximate surface area is 300 Å². The molecule has 1 fully saturated rings. The molecule has 123 valence electrons. The maximum absolute atomic E-state index is 2.33. The van der Waals surface area contributed by atoms with Crippen LogP contribution >= 0.6 is 0 Å². The first-order valence-corrected chi connectivity index (χ1v) is 4.13. The van der Waals surface area contributed by atoms with Crippen molar-refractivity contribution in [1.82, 2.24) is 0 Å². The molecule has 0 nitrogen and oxygen atoms in total. The van der Waals surface area contributed by atoms with E-state index < -0.39 is 0 Å². The Morgan fingerprint density at radius 1 is 0.609 bits per heavy atom. The number of hydrogen-bond donors (Lipinski definition) is 0. The molecule has 0 spiro atoms. The van der Waals surface area contributed by atoms with Crippen LogP contribution in [0, 0.1) is 17.2 Å². The van der Waals surface area contributed by atoms with Gasteiger partial charge in [-0.2, -0.15) is 13.8 Å². The molecule has 14 heteroatoms. The van der Waals surface area contributed by atoms with Crippen molar-refractivity contribution < 1.29 is 241 Å². The Balaban J connectivity index is -0.00000000699. The number of hydrogen-bond acceptors (Lipinski definition) is 0. The van der Waals surface area contributed by atoms with Crippen LogP contribution in [0.1, 0.15) is 27.7 Å². The molecule has 23 heavy (non-hydrogen) atoms. The van der Waals surface area contributed by atoms with Crippen LogP contribution in [0.2, 0.25) is 13.1 Å². The standard InChI is InChI=1S/C9H17B.13V/c1-7-6-10(5)8(2)9(7,3)4;;;;;;;;;;;;;/h6H2,1-5H3;;;;;;;;;;;;;/q-2;;;;;;;;;;;;;. The van der Waals surface area contributed by atoms with Crippen molar-refractivity contribution in [1.29, 1.82) is 0 Å². The average molecular weight is 798 g/mol. The maximum atomic E-state index is 2.33. The zero-order valence-corrected chi connectivity index (χ0v) is 31.8. The van der Waals surface area contributed by atoms with E-state index in [0.29, 0.717) is 5.41 Å². The van der Waals surface area contributed by atoms with Gasteiger partial charge >= 0.3 is 0 Å². The smallest absolute Gasteiger partial charge is 0 e. The zero-order chi connectivity index (χ0) is 7.94. The Morgan fingerprint density at radius 2 is 0.826 bits per heavy atom. The van der Waals surface area contributed by atoms with Gasteiger partial charge in [-0.05, 0) is 0 Å². The van der Waals surface area contributed by atoms with E-state index in [4.69, 9.17) is 0 Å². The van der Waals surface area contributed by atoms with Crippen molar-refractivity contribution in [2.24, 2.45) is 5.41 Å². The molecule has 0 aliphatic carbocycles. The fourth-order valence-electron chi connectivity index (χ4n) is 1.82. The van der Waals surface area contributed by atoms with Gasteiger partial charge in [0.1, 0.15) is 0 Å². The van der Waals surface area contributed by atoms with Gasteiger partial charge in [-0.1, -0.05) is 6.71 Å². The maximum Gasteiger partial charge on any atom is 0 e. The summed E-state index contributed by atoms with van der Waals surface area (Å²) in [6, 6.07) is 0. The van der Waals surface area contributed by atoms with Gasteiger partial charge in [0.25, 0.3) is 0 Å². The molecule has 1 heterocycles. The van der Waals surface area contributed by atoms with Crippen LogP contribution in [0.25, 0.3) is 0 Å². The van der Waals surface area contributed by atoms with Crippen molar-refractivity contribution >= 4 is 6.71 Å². The van der Waals surface area contributed by atoms with Crippen molar-refractivity contribution in [2.75, 3.05) is 0 Å². The van der Waals surface area contributed by atoms with Crippen LogP contribution in [0.5, 0.6) is 0 Å². The topological polar surface area (TPSA) is 0 Å². The van der Waals surface area contributed by atoms with Crippen LogP contribution in [0.4, 0.5) is 0 Å². The minimum atomic E-state index is 0. The SMILES string of the molecule is CB1C[C-](C)C(C)(C)[C-]1C.[V].[V].[V].[V].[V].[V].[V].[V].[V].[V].[V].[V].[V]. The molecular formula is C9H17BV13-2. The second-order valence-electron chi connectivity index (χ2n) is 4.19. The molecule has 1 aliphatic heterocycles. The molecule has 1 saturated heterocycles. The Morgan fingerprint density at radius 3 is 0.870 bits per heavy atom. The molecule has 0 aromatic carbocycles. The van der Waals surface area contributed by atoms with E-state index in [1.807, 2.05) is 0 Å². The van der Waals surface area contributed by atoms with Gasteiger partial charge in [-0.25, -0.2) is 6.32 Å². The molecule has 1 rings (SSSR count). The van der Waals surface area contributed by atoms with Gasteiger partial charge in [-0.15, -0.1) is 20.7 Å². The normalized spacial score (nSPS) is 12.1. The van der Waals surface area contributed by atoms with E-state index in [-0.39, 0.29) is 241 Å². The molecular weight excluding hydrogens is 781 g/mol. The molecule has 0 unspecified atom stereocenters. The summed E-state index contributed by atoms with van der Waals surface area (Å²) in [6.07, 6.45) is 1.30.